The first-order valence-electron chi connectivity index (χ1n) is 11.9. The normalized spacial score (nSPS) is 22.1. The quantitative estimate of drug-likeness (QED) is 0.559. The van der Waals surface area contributed by atoms with Crippen molar-refractivity contribution < 1.29 is 14.3 Å². The van der Waals surface area contributed by atoms with Gasteiger partial charge in [0, 0.05) is 28.6 Å². The Hall–Kier alpha value is -3.10. The highest BCUT2D eigenvalue weighted by Gasteiger charge is 2.40. The Morgan fingerprint density at radius 1 is 1.06 bits per heavy atom. The molecule has 3 aromatic rings. The summed E-state index contributed by atoms with van der Waals surface area (Å²) in [5.74, 6) is 2.78. The highest BCUT2D eigenvalue weighted by Crippen LogP contribution is 2.41. The molecular formula is C26H30ClN5O3. The number of ether oxygens (including phenoxy) is 2. The lowest BCUT2D eigenvalue weighted by Gasteiger charge is -2.44. The van der Waals surface area contributed by atoms with Gasteiger partial charge in [-0.3, -0.25) is 9.36 Å². The molecule has 35 heavy (non-hydrogen) atoms. The number of carbonyl (C=O) groups is 1. The number of hydrogen-bond acceptors (Lipinski definition) is 6. The lowest BCUT2D eigenvalue weighted by atomic mass is 9.68. The Balaban J connectivity index is 1.33. The predicted octanol–water partition coefficient (Wildman–Crippen LogP) is 3.80. The third-order valence-corrected chi connectivity index (χ3v) is 7.81. The van der Waals surface area contributed by atoms with E-state index in [0.717, 1.165) is 42.1 Å². The SMILES string of the molecule is COc1ccc(-c2nnc3n2CC(=O)N(C2CCC(CN)(c4cccc(Cl)c4)CC2)C3)cc1OC. The van der Waals surface area contributed by atoms with Crippen molar-refractivity contribution >= 4 is 17.5 Å². The molecule has 1 aromatic heterocycles. The predicted molar refractivity (Wildman–Crippen MR) is 134 cm³/mol. The molecule has 184 valence electrons. The number of hydrogen-bond donors (Lipinski definition) is 1. The smallest absolute Gasteiger partial charge is 0.243 e. The van der Waals surface area contributed by atoms with Crippen LogP contribution in [-0.4, -0.2) is 52.4 Å². The van der Waals surface area contributed by atoms with Gasteiger partial charge in [-0.15, -0.1) is 10.2 Å². The van der Waals surface area contributed by atoms with Gasteiger partial charge >= 0.3 is 0 Å². The van der Waals surface area contributed by atoms with Crippen molar-refractivity contribution in [2.24, 2.45) is 5.73 Å². The molecule has 1 saturated carbocycles. The standard InChI is InChI=1S/C26H30ClN5O3/c1-34-21-7-6-17(12-22(21)35-2)25-30-29-23-14-31(24(33)15-32(23)25)20-8-10-26(16-28,11-9-20)18-4-3-5-19(27)13-18/h3-7,12-13,20H,8-11,14-16,28H2,1-2H3. The molecular weight excluding hydrogens is 466 g/mol. The van der Waals surface area contributed by atoms with Gasteiger partial charge in [-0.1, -0.05) is 23.7 Å². The van der Waals surface area contributed by atoms with Gasteiger partial charge in [-0.2, -0.15) is 0 Å². The Morgan fingerprint density at radius 3 is 2.51 bits per heavy atom. The summed E-state index contributed by atoms with van der Waals surface area (Å²) in [6, 6.07) is 13.8. The summed E-state index contributed by atoms with van der Waals surface area (Å²) in [6.07, 6.45) is 3.63. The molecule has 9 heteroatoms. The molecule has 1 aliphatic carbocycles. The van der Waals surface area contributed by atoms with E-state index in [0.29, 0.717) is 30.4 Å². The molecule has 2 N–H and O–H groups in total. The van der Waals surface area contributed by atoms with Crippen LogP contribution < -0.4 is 15.2 Å². The molecule has 1 fully saturated rings. The summed E-state index contributed by atoms with van der Waals surface area (Å²) in [7, 11) is 3.19. The molecule has 1 amide bonds. The van der Waals surface area contributed by atoms with Gasteiger partial charge in [0.2, 0.25) is 5.91 Å². The van der Waals surface area contributed by atoms with Gasteiger partial charge < -0.3 is 20.1 Å². The number of methoxy groups -OCH3 is 2. The van der Waals surface area contributed by atoms with Crippen LogP contribution in [0.3, 0.4) is 0 Å². The Bertz CT molecular complexity index is 1240. The van der Waals surface area contributed by atoms with E-state index in [1.165, 1.54) is 5.56 Å². The number of rotatable bonds is 6. The number of benzene rings is 2. The summed E-state index contributed by atoms with van der Waals surface area (Å²) in [5.41, 5.74) is 8.19. The number of amides is 1. The topological polar surface area (TPSA) is 95.5 Å². The maximum atomic E-state index is 13.3. The van der Waals surface area contributed by atoms with Gasteiger partial charge in [0.1, 0.15) is 6.54 Å². The fraction of sp³-hybridized carbons (Fsp3) is 0.423. The highest BCUT2D eigenvalue weighted by molar-refractivity contribution is 6.30. The second-order valence-electron chi connectivity index (χ2n) is 9.34. The van der Waals surface area contributed by atoms with Crippen LogP contribution >= 0.6 is 11.6 Å². The largest absolute Gasteiger partial charge is 0.493 e. The molecule has 2 aliphatic rings. The van der Waals surface area contributed by atoms with E-state index in [2.05, 4.69) is 16.3 Å². The zero-order chi connectivity index (χ0) is 24.6. The maximum absolute atomic E-state index is 13.3. The van der Waals surface area contributed by atoms with Crippen molar-refractivity contribution in [1.82, 2.24) is 19.7 Å². The number of carbonyl (C=O) groups excluding carboxylic acids is 1. The van der Waals surface area contributed by atoms with Crippen molar-refractivity contribution in [3.05, 3.63) is 58.9 Å². The molecule has 8 nitrogen and oxygen atoms in total. The van der Waals surface area contributed by atoms with E-state index in [1.807, 2.05) is 45.9 Å². The molecule has 2 heterocycles. The number of nitrogens with zero attached hydrogens (tertiary/aromatic N) is 4. The first kappa shape index (κ1) is 23.6. The van der Waals surface area contributed by atoms with Crippen LogP contribution in [0.25, 0.3) is 11.4 Å². The monoisotopic (exact) mass is 495 g/mol. The minimum absolute atomic E-state index is 0.0898. The summed E-state index contributed by atoms with van der Waals surface area (Å²) < 4.78 is 12.7. The van der Waals surface area contributed by atoms with E-state index < -0.39 is 0 Å². The van der Waals surface area contributed by atoms with E-state index in [9.17, 15) is 4.79 Å². The minimum Gasteiger partial charge on any atom is -0.493 e. The Kier molecular flexibility index (Phi) is 6.42. The molecule has 0 saturated heterocycles. The van der Waals surface area contributed by atoms with Gasteiger partial charge in [0.25, 0.3) is 0 Å². The fourth-order valence-corrected chi connectivity index (χ4v) is 5.69. The lowest BCUT2D eigenvalue weighted by Crippen LogP contribution is -2.50. The first-order valence-corrected chi connectivity index (χ1v) is 12.3. The Labute approximate surface area is 210 Å². The van der Waals surface area contributed by atoms with Crippen LogP contribution in [0.4, 0.5) is 0 Å². The van der Waals surface area contributed by atoms with Crippen LogP contribution in [-0.2, 0) is 23.3 Å². The number of nitrogens with two attached hydrogens (primary N) is 1. The molecule has 2 aromatic carbocycles. The van der Waals surface area contributed by atoms with Gasteiger partial charge in [0.05, 0.1) is 20.8 Å². The number of halogens is 1. The fourth-order valence-electron chi connectivity index (χ4n) is 5.50. The summed E-state index contributed by atoms with van der Waals surface area (Å²) in [4.78, 5) is 15.2. The zero-order valence-electron chi connectivity index (χ0n) is 20.0. The van der Waals surface area contributed by atoms with Crippen LogP contribution in [0.5, 0.6) is 11.5 Å². The number of aromatic nitrogens is 3. The van der Waals surface area contributed by atoms with Crippen molar-refractivity contribution in [2.45, 2.75) is 50.2 Å². The molecule has 5 rings (SSSR count). The second-order valence-corrected chi connectivity index (χ2v) is 9.78. The average Bonchev–Trinajstić information content (AvgIpc) is 3.30. The van der Waals surface area contributed by atoms with Gasteiger partial charge in [-0.05, 0) is 61.6 Å². The van der Waals surface area contributed by atoms with Crippen LogP contribution in [0.1, 0.15) is 37.1 Å². The molecule has 0 spiro atoms. The van der Waals surface area contributed by atoms with Crippen LogP contribution in [0, 0.1) is 0 Å². The van der Waals surface area contributed by atoms with Crippen molar-refractivity contribution in [3.63, 3.8) is 0 Å². The van der Waals surface area contributed by atoms with E-state index in [-0.39, 0.29) is 23.9 Å². The average molecular weight is 496 g/mol. The second kappa shape index (κ2) is 9.51. The van der Waals surface area contributed by atoms with Crippen molar-refractivity contribution in [3.8, 4) is 22.9 Å². The van der Waals surface area contributed by atoms with Gasteiger partial charge in [0.15, 0.2) is 23.1 Å². The number of fused-ring (bicyclic) bond motifs is 1. The van der Waals surface area contributed by atoms with E-state index in [1.54, 1.807) is 14.2 Å². The zero-order valence-corrected chi connectivity index (χ0v) is 20.8. The van der Waals surface area contributed by atoms with E-state index >= 15 is 0 Å². The van der Waals surface area contributed by atoms with Crippen molar-refractivity contribution in [1.29, 1.82) is 0 Å². The Morgan fingerprint density at radius 2 is 1.83 bits per heavy atom. The maximum Gasteiger partial charge on any atom is 0.243 e. The van der Waals surface area contributed by atoms with E-state index in [4.69, 9.17) is 26.8 Å². The first-order chi connectivity index (χ1) is 17.0. The summed E-state index contributed by atoms with van der Waals surface area (Å²) in [6.45, 7) is 1.24. The minimum atomic E-state index is -0.0964. The third kappa shape index (κ3) is 4.25. The van der Waals surface area contributed by atoms with Crippen LogP contribution in [0.2, 0.25) is 5.02 Å². The molecule has 0 unspecified atom stereocenters. The van der Waals surface area contributed by atoms with Gasteiger partial charge in [-0.25, -0.2) is 0 Å². The lowest BCUT2D eigenvalue weighted by molar-refractivity contribution is -0.137. The highest BCUT2D eigenvalue weighted by atomic mass is 35.5. The summed E-state index contributed by atoms with van der Waals surface area (Å²) in [5, 5.41) is 9.56. The van der Waals surface area contributed by atoms with Crippen molar-refractivity contribution in [2.75, 3.05) is 20.8 Å². The van der Waals surface area contributed by atoms with Crippen LogP contribution in [0.15, 0.2) is 42.5 Å². The summed E-state index contributed by atoms with van der Waals surface area (Å²) >= 11 is 6.26. The third-order valence-electron chi connectivity index (χ3n) is 7.58. The molecule has 0 bridgehead atoms. The molecule has 0 atom stereocenters. The molecule has 1 aliphatic heterocycles. The molecule has 0 radical (unpaired) electrons.